The number of nitrogens with one attached hydrogen (secondary N) is 1. The van der Waals surface area contributed by atoms with E-state index in [4.69, 9.17) is 19.7 Å². The van der Waals surface area contributed by atoms with Gasteiger partial charge in [-0.15, -0.1) is 0 Å². The van der Waals surface area contributed by atoms with Crippen LogP contribution in [0, 0.1) is 0 Å². The molecule has 1 atom stereocenters. The van der Waals surface area contributed by atoms with Crippen molar-refractivity contribution in [1.82, 2.24) is 19.5 Å². The van der Waals surface area contributed by atoms with Gasteiger partial charge in [-0.1, -0.05) is 31.4 Å². The van der Waals surface area contributed by atoms with Crippen LogP contribution < -0.4 is 15.0 Å². The van der Waals surface area contributed by atoms with Crippen molar-refractivity contribution < 1.29 is 9.84 Å². The second kappa shape index (κ2) is 9.95. The average Bonchev–Trinajstić information content (AvgIpc) is 3.52. The highest BCUT2D eigenvalue weighted by Gasteiger charge is 2.28. The average molecular weight is 451 g/mol. The molecule has 3 aromatic rings. The molecule has 2 aromatic heterocycles. The second-order valence-electron chi connectivity index (χ2n) is 9.18. The van der Waals surface area contributed by atoms with Crippen molar-refractivity contribution in [1.29, 1.82) is 0 Å². The molecular formula is C25H34N6O2. The number of methoxy groups -OCH3 is 1. The predicted molar refractivity (Wildman–Crippen MR) is 130 cm³/mol. The minimum atomic E-state index is 0.0839. The molecule has 5 rings (SSSR count). The van der Waals surface area contributed by atoms with E-state index in [2.05, 4.69) is 26.9 Å². The van der Waals surface area contributed by atoms with Gasteiger partial charge in [0, 0.05) is 19.1 Å². The number of nitrogens with zero attached hydrogens (tertiary/aromatic N) is 5. The lowest BCUT2D eigenvalue weighted by Crippen LogP contribution is -2.33. The Kier molecular flexibility index (Phi) is 6.62. The Morgan fingerprint density at radius 2 is 1.88 bits per heavy atom. The van der Waals surface area contributed by atoms with Gasteiger partial charge in [0.25, 0.3) is 0 Å². The van der Waals surface area contributed by atoms with Gasteiger partial charge in [0.05, 0.1) is 26.1 Å². The molecule has 1 unspecified atom stereocenters. The van der Waals surface area contributed by atoms with Crippen molar-refractivity contribution >= 4 is 22.9 Å². The van der Waals surface area contributed by atoms with Crippen LogP contribution in [0.4, 0.5) is 11.8 Å². The Hall–Kier alpha value is -2.87. The molecule has 1 aliphatic heterocycles. The van der Waals surface area contributed by atoms with Crippen molar-refractivity contribution in [2.75, 3.05) is 37.0 Å². The first kappa shape index (κ1) is 21.9. The largest absolute Gasteiger partial charge is 0.497 e. The van der Waals surface area contributed by atoms with E-state index in [1.54, 1.807) is 7.11 Å². The Labute approximate surface area is 195 Å². The summed E-state index contributed by atoms with van der Waals surface area (Å²) >= 11 is 0. The van der Waals surface area contributed by atoms with E-state index in [0.717, 1.165) is 55.1 Å². The number of benzene rings is 1. The summed E-state index contributed by atoms with van der Waals surface area (Å²) in [4.78, 5) is 16.8. The number of ether oxygens (including phenoxy) is 1. The molecule has 1 saturated carbocycles. The van der Waals surface area contributed by atoms with Gasteiger partial charge >= 0.3 is 0 Å². The lowest BCUT2D eigenvalue weighted by Gasteiger charge is -2.25. The third-order valence-corrected chi connectivity index (χ3v) is 7.09. The zero-order valence-corrected chi connectivity index (χ0v) is 19.4. The number of imidazole rings is 1. The van der Waals surface area contributed by atoms with E-state index in [9.17, 15) is 5.11 Å². The summed E-state index contributed by atoms with van der Waals surface area (Å²) in [5, 5.41) is 13.4. The molecule has 8 heteroatoms. The van der Waals surface area contributed by atoms with Crippen molar-refractivity contribution in [3.8, 4) is 5.75 Å². The van der Waals surface area contributed by atoms with Crippen LogP contribution in [-0.4, -0.2) is 57.5 Å². The molecule has 1 aromatic carbocycles. The summed E-state index contributed by atoms with van der Waals surface area (Å²) in [5.41, 5.74) is 2.97. The molecule has 2 fully saturated rings. The standard InChI is InChI=1S/C25H34N6O2/c1-33-21-11-9-18(10-12-21)13-14-26-23-22-24(31(17-27-22)19-6-3-2-4-7-19)29-25(28-23)30-15-5-8-20(30)16-32/h9-12,17,19-20,32H,2-8,13-16H2,1H3,(H,26,28,29). The molecule has 33 heavy (non-hydrogen) atoms. The highest BCUT2D eigenvalue weighted by atomic mass is 16.5. The first-order valence-corrected chi connectivity index (χ1v) is 12.3. The summed E-state index contributed by atoms with van der Waals surface area (Å²) in [6.45, 7) is 1.75. The second-order valence-corrected chi connectivity index (χ2v) is 9.18. The maximum absolute atomic E-state index is 9.86. The van der Waals surface area contributed by atoms with Crippen LogP contribution in [0.2, 0.25) is 0 Å². The van der Waals surface area contributed by atoms with Crippen molar-refractivity contribution in [2.24, 2.45) is 0 Å². The van der Waals surface area contributed by atoms with Crippen LogP contribution in [0.5, 0.6) is 5.75 Å². The Bertz CT molecular complexity index is 1060. The van der Waals surface area contributed by atoms with Gasteiger partial charge < -0.3 is 24.6 Å². The maximum atomic E-state index is 9.86. The Morgan fingerprint density at radius 3 is 2.64 bits per heavy atom. The van der Waals surface area contributed by atoms with E-state index in [1.807, 2.05) is 18.5 Å². The van der Waals surface area contributed by atoms with Crippen molar-refractivity contribution in [3.05, 3.63) is 36.2 Å². The highest BCUT2D eigenvalue weighted by molar-refractivity contribution is 5.84. The van der Waals surface area contributed by atoms with Gasteiger partial charge in [-0.2, -0.15) is 9.97 Å². The number of hydrogen-bond donors (Lipinski definition) is 2. The van der Waals surface area contributed by atoms with E-state index in [1.165, 1.54) is 37.7 Å². The highest BCUT2D eigenvalue weighted by Crippen LogP contribution is 2.33. The zero-order chi connectivity index (χ0) is 22.6. The quantitative estimate of drug-likeness (QED) is 0.537. The Morgan fingerprint density at radius 1 is 1.06 bits per heavy atom. The normalized spacial score (nSPS) is 19.3. The van der Waals surface area contributed by atoms with Gasteiger partial charge in [0.2, 0.25) is 5.95 Å². The van der Waals surface area contributed by atoms with Crippen LogP contribution in [0.25, 0.3) is 11.2 Å². The predicted octanol–water partition coefficient (Wildman–Crippen LogP) is 3.96. The summed E-state index contributed by atoms with van der Waals surface area (Å²) < 4.78 is 7.52. The number of anilines is 2. The van der Waals surface area contributed by atoms with Gasteiger partial charge in [-0.3, -0.25) is 0 Å². The van der Waals surface area contributed by atoms with Gasteiger partial charge in [0.15, 0.2) is 17.0 Å². The number of fused-ring (bicyclic) bond motifs is 1. The number of aliphatic hydroxyl groups excluding tert-OH is 1. The summed E-state index contributed by atoms with van der Waals surface area (Å²) in [6.07, 6.45) is 11.0. The van der Waals surface area contributed by atoms with E-state index < -0.39 is 0 Å². The molecule has 0 spiro atoms. The molecule has 8 nitrogen and oxygen atoms in total. The zero-order valence-electron chi connectivity index (χ0n) is 19.4. The summed E-state index contributed by atoms with van der Waals surface area (Å²) in [7, 11) is 1.68. The van der Waals surface area contributed by atoms with Gasteiger partial charge in [0.1, 0.15) is 5.75 Å². The topological polar surface area (TPSA) is 88.3 Å². The van der Waals surface area contributed by atoms with Crippen LogP contribution in [0.15, 0.2) is 30.6 Å². The fraction of sp³-hybridized carbons (Fsp3) is 0.560. The van der Waals surface area contributed by atoms with Gasteiger partial charge in [-0.25, -0.2) is 4.98 Å². The first-order chi connectivity index (χ1) is 16.3. The molecule has 2 N–H and O–H groups in total. The van der Waals surface area contributed by atoms with Crippen molar-refractivity contribution in [3.63, 3.8) is 0 Å². The molecule has 0 radical (unpaired) electrons. The fourth-order valence-corrected chi connectivity index (χ4v) is 5.19. The molecule has 1 aliphatic carbocycles. The molecular weight excluding hydrogens is 416 g/mol. The Balaban J connectivity index is 1.43. The third-order valence-electron chi connectivity index (χ3n) is 7.09. The minimum absolute atomic E-state index is 0.0839. The van der Waals surface area contributed by atoms with Crippen LogP contribution in [0.1, 0.15) is 56.6 Å². The number of aliphatic hydroxyl groups is 1. The third kappa shape index (κ3) is 4.62. The summed E-state index contributed by atoms with van der Waals surface area (Å²) in [6, 6.07) is 8.70. The summed E-state index contributed by atoms with van der Waals surface area (Å²) in [5.74, 6) is 2.34. The van der Waals surface area contributed by atoms with Crippen LogP contribution in [-0.2, 0) is 6.42 Å². The smallest absolute Gasteiger partial charge is 0.229 e. The SMILES string of the molecule is COc1ccc(CCNc2nc(N3CCCC3CO)nc3c2ncn3C2CCCCC2)cc1. The molecule has 176 valence electrons. The molecule has 3 heterocycles. The molecule has 0 amide bonds. The monoisotopic (exact) mass is 450 g/mol. The van der Waals surface area contributed by atoms with Crippen LogP contribution >= 0.6 is 0 Å². The van der Waals surface area contributed by atoms with Crippen molar-refractivity contribution in [2.45, 2.75) is 63.5 Å². The van der Waals surface area contributed by atoms with Gasteiger partial charge in [-0.05, 0) is 49.8 Å². The fourth-order valence-electron chi connectivity index (χ4n) is 5.19. The lowest BCUT2D eigenvalue weighted by atomic mass is 9.95. The number of aromatic nitrogens is 4. The van der Waals surface area contributed by atoms with Crippen LogP contribution in [0.3, 0.4) is 0 Å². The van der Waals surface area contributed by atoms with E-state index in [0.29, 0.717) is 12.0 Å². The maximum Gasteiger partial charge on any atom is 0.229 e. The molecule has 2 aliphatic rings. The van der Waals surface area contributed by atoms with E-state index in [-0.39, 0.29) is 12.6 Å². The van der Waals surface area contributed by atoms with E-state index >= 15 is 0 Å². The molecule has 0 bridgehead atoms. The number of hydrogen-bond acceptors (Lipinski definition) is 7. The number of rotatable bonds is 8. The first-order valence-electron chi connectivity index (χ1n) is 12.3. The lowest BCUT2D eigenvalue weighted by molar-refractivity contribution is 0.265. The minimum Gasteiger partial charge on any atom is -0.497 e. The molecule has 1 saturated heterocycles.